The van der Waals surface area contributed by atoms with Crippen LogP contribution in [0.2, 0.25) is 0 Å². The summed E-state index contributed by atoms with van der Waals surface area (Å²) < 4.78 is 0. The number of carbonyl (C=O) groups is 2. The second-order valence-electron chi connectivity index (χ2n) is 6.97. The van der Waals surface area contributed by atoms with Crippen molar-refractivity contribution in [2.24, 2.45) is 5.16 Å². The maximum Gasteiger partial charge on any atom is 0.308 e. The van der Waals surface area contributed by atoms with Crippen molar-refractivity contribution >= 4 is 23.7 Å². The van der Waals surface area contributed by atoms with Crippen molar-refractivity contribution in [3.05, 3.63) is 42.0 Å². The van der Waals surface area contributed by atoms with Gasteiger partial charge in [0.1, 0.15) is 0 Å². The predicted octanol–water partition coefficient (Wildman–Crippen LogP) is 3.14. The van der Waals surface area contributed by atoms with Crippen LogP contribution in [0.15, 0.2) is 41.6 Å². The highest BCUT2D eigenvalue weighted by molar-refractivity contribution is 6.04. The minimum absolute atomic E-state index is 0.0921. The molecule has 2 aliphatic rings. The van der Waals surface area contributed by atoms with Crippen molar-refractivity contribution in [1.82, 2.24) is 5.32 Å². The molecule has 1 aromatic carbocycles. The fraction of sp³-hybridized carbons (Fsp3) is 0.450. The number of carboxylic acid groups (broad SMARTS) is 1. The van der Waals surface area contributed by atoms with Crippen LogP contribution in [-0.2, 0) is 14.4 Å². The zero-order chi connectivity index (χ0) is 18.4. The number of nitrogens with zero attached hydrogens (tertiary/aromatic N) is 1. The minimum Gasteiger partial charge on any atom is -0.481 e. The van der Waals surface area contributed by atoms with E-state index in [0.717, 1.165) is 31.2 Å². The molecule has 26 heavy (non-hydrogen) atoms. The first kappa shape index (κ1) is 18.2. The Bertz CT molecular complexity index is 708. The van der Waals surface area contributed by atoms with E-state index in [0.29, 0.717) is 5.71 Å². The summed E-state index contributed by atoms with van der Waals surface area (Å²) in [6.07, 6.45) is 8.59. The van der Waals surface area contributed by atoms with Crippen LogP contribution in [0.25, 0.3) is 6.08 Å². The Balaban J connectivity index is 1.68. The van der Waals surface area contributed by atoms with Crippen molar-refractivity contribution in [2.45, 2.75) is 56.6 Å². The maximum absolute atomic E-state index is 12.8. The van der Waals surface area contributed by atoms with Gasteiger partial charge in [0.15, 0.2) is 0 Å². The van der Waals surface area contributed by atoms with Crippen LogP contribution in [0.4, 0.5) is 0 Å². The molecule has 6 nitrogen and oxygen atoms in total. The number of allylic oxidation sites excluding steroid dienone is 1. The van der Waals surface area contributed by atoms with Gasteiger partial charge in [-0.1, -0.05) is 60.8 Å². The molecule has 1 aliphatic heterocycles. The number of rotatable bonds is 6. The molecule has 1 amide bonds. The number of oxime groups is 1. The van der Waals surface area contributed by atoms with Gasteiger partial charge in [-0.25, -0.2) is 0 Å². The summed E-state index contributed by atoms with van der Waals surface area (Å²) in [5, 5.41) is 16.2. The van der Waals surface area contributed by atoms with Gasteiger partial charge in [0.2, 0.25) is 5.60 Å². The number of aliphatic carboxylic acids is 1. The van der Waals surface area contributed by atoms with E-state index in [1.54, 1.807) is 6.08 Å². The Morgan fingerprint density at radius 1 is 1.19 bits per heavy atom. The van der Waals surface area contributed by atoms with E-state index in [2.05, 4.69) is 10.5 Å². The monoisotopic (exact) mass is 356 g/mol. The largest absolute Gasteiger partial charge is 0.481 e. The molecular formula is C20H24N2O4. The van der Waals surface area contributed by atoms with Gasteiger partial charge in [-0.3, -0.25) is 9.59 Å². The second-order valence-corrected chi connectivity index (χ2v) is 6.97. The number of hydrogen-bond acceptors (Lipinski definition) is 4. The third kappa shape index (κ3) is 4.50. The summed E-state index contributed by atoms with van der Waals surface area (Å²) in [6, 6.07) is 9.79. The molecule has 1 fully saturated rings. The number of carbonyl (C=O) groups excluding carboxylic acids is 1. The topological polar surface area (TPSA) is 88.0 Å². The van der Waals surface area contributed by atoms with E-state index in [4.69, 9.17) is 4.84 Å². The zero-order valence-electron chi connectivity index (χ0n) is 14.7. The summed E-state index contributed by atoms with van der Waals surface area (Å²) in [6.45, 7) is 0. The molecule has 1 saturated carbocycles. The zero-order valence-corrected chi connectivity index (χ0v) is 14.7. The molecule has 0 bridgehead atoms. The summed E-state index contributed by atoms with van der Waals surface area (Å²) in [5.41, 5.74) is 0.103. The fourth-order valence-electron chi connectivity index (χ4n) is 3.45. The van der Waals surface area contributed by atoms with Crippen molar-refractivity contribution < 1.29 is 19.5 Å². The molecule has 3 rings (SSSR count). The molecular weight excluding hydrogens is 332 g/mol. The van der Waals surface area contributed by atoms with Gasteiger partial charge >= 0.3 is 5.97 Å². The molecule has 1 aliphatic carbocycles. The molecule has 0 aromatic heterocycles. The van der Waals surface area contributed by atoms with Gasteiger partial charge in [0.05, 0.1) is 12.1 Å². The van der Waals surface area contributed by atoms with Gasteiger partial charge in [-0.05, 0) is 24.5 Å². The molecule has 2 N–H and O–H groups in total. The van der Waals surface area contributed by atoms with Crippen LogP contribution < -0.4 is 5.32 Å². The number of nitrogens with one attached hydrogen (secondary N) is 1. The summed E-state index contributed by atoms with van der Waals surface area (Å²) in [5.74, 6) is -1.45. The fourth-order valence-corrected chi connectivity index (χ4v) is 3.45. The molecule has 1 heterocycles. The van der Waals surface area contributed by atoms with E-state index in [-0.39, 0.29) is 18.4 Å². The normalized spacial score (nSPS) is 23.5. The van der Waals surface area contributed by atoms with Gasteiger partial charge in [-0.15, -0.1) is 0 Å². The number of carboxylic acids is 1. The van der Waals surface area contributed by atoms with Crippen molar-refractivity contribution in [2.75, 3.05) is 0 Å². The molecule has 0 radical (unpaired) electrons. The Labute approximate surface area is 152 Å². The summed E-state index contributed by atoms with van der Waals surface area (Å²) in [7, 11) is 0. The van der Waals surface area contributed by atoms with Crippen molar-refractivity contribution in [3.8, 4) is 0 Å². The minimum atomic E-state index is -1.46. The van der Waals surface area contributed by atoms with Gasteiger partial charge in [0.25, 0.3) is 5.91 Å². The molecule has 6 heteroatoms. The van der Waals surface area contributed by atoms with Crippen LogP contribution in [0.3, 0.4) is 0 Å². The van der Waals surface area contributed by atoms with E-state index in [9.17, 15) is 14.7 Å². The van der Waals surface area contributed by atoms with Crippen molar-refractivity contribution in [3.63, 3.8) is 0 Å². The Kier molecular flexibility index (Phi) is 5.71. The van der Waals surface area contributed by atoms with Crippen LogP contribution in [-0.4, -0.2) is 34.3 Å². The highest BCUT2D eigenvalue weighted by atomic mass is 16.7. The molecule has 1 aromatic rings. The molecule has 0 unspecified atom stereocenters. The number of benzene rings is 1. The highest BCUT2D eigenvalue weighted by Gasteiger charge is 2.48. The van der Waals surface area contributed by atoms with E-state index in [1.807, 2.05) is 36.4 Å². The lowest BCUT2D eigenvalue weighted by molar-refractivity contribution is -0.156. The number of amides is 1. The average Bonchev–Trinajstić information content (AvgIpc) is 3.05. The maximum atomic E-state index is 12.8. The smallest absolute Gasteiger partial charge is 0.308 e. The quantitative estimate of drug-likeness (QED) is 0.820. The van der Waals surface area contributed by atoms with Gasteiger partial charge < -0.3 is 15.3 Å². The first-order valence-electron chi connectivity index (χ1n) is 9.08. The third-order valence-electron chi connectivity index (χ3n) is 4.86. The first-order valence-corrected chi connectivity index (χ1v) is 9.08. The lowest BCUT2D eigenvalue weighted by Gasteiger charge is -2.29. The molecule has 0 spiro atoms. The first-order chi connectivity index (χ1) is 12.6. The Morgan fingerprint density at radius 3 is 2.62 bits per heavy atom. The van der Waals surface area contributed by atoms with E-state index in [1.165, 1.54) is 6.42 Å². The molecule has 1 atom stereocenters. The second kappa shape index (κ2) is 8.17. The number of hydrogen-bond donors (Lipinski definition) is 2. The van der Waals surface area contributed by atoms with E-state index >= 15 is 0 Å². The lowest BCUT2D eigenvalue weighted by atomic mass is 9.90. The van der Waals surface area contributed by atoms with Crippen LogP contribution in [0.1, 0.15) is 50.5 Å². The predicted molar refractivity (Wildman–Crippen MR) is 98.6 cm³/mol. The van der Waals surface area contributed by atoms with Crippen LogP contribution >= 0.6 is 0 Å². The average molecular weight is 356 g/mol. The van der Waals surface area contributed by atoms with Gasteiger partial charge in [-0.2, -0.15) is 0 Å². The lowest BCUT2D eigenvalue weighted by Crippen LogP contribution is -2.51. The SMILES string of the molecule is O=C(O)C[C@]1(C(=O)NC2CCCCC2)CC(C=Cc2ccccc2)=NO1. The van der Waals surface area contributed by atoms with Gasteiger partial charge in [0, 0.05) is 12.5 Å². The molecule has 0 saturated heterocycles. The standard InChI is InChI=1S/C20H24N2O4/c23-18(24)14-20(19(25)21-16-9-5-2-6-10-16)13-17(22-26-20)12-11-15-7-3-1-4-8-15/h1,3-4,7-8,11-12,16H,2,5-6,9-10,13-14H2,(H,21,25)(H,23,24)/t20-/m0/s1. The third-order valence-corrected chi connectivity index (χ3v) is 4.86. The molecule has 138 valence electrons. The van der Waals surface area contributed by atoms with E-state index < -0.39 is 18.0 Å². The summed E-state index contributed by atoms with van der Waals surface area (Å²) in [4.78, 5) is 29.5. The van der Waals surface area contributed by atoms with Crippen molar-refractivity contribution in [1.29, 1.82) is 0 Å². The Morgan fingerprint density at radius 2 is 1.92 bits per heavy atom. The highest BCUT2D eigenvalue weighted by Crippen LogP contribution is 2.30. The van der Waals surface area contributed by atoms with Crippen LogP contribution in [0, 0.1) is 0 Å². The van der Waals surface area contributed by atoms with Crippen LogP contribution in [0.5, 0.6) is 0 Å². The Hall–Kier alpha value is -2.63. The summed E-state index contributed by atoms with van der Waals surface area (Å²) >= 11 is 0.